The Labute approximate surface area is 160 Å². The van der Waals surface area contributed by atoms with Crippen LogP contribution >= 0.6 is 23.2 Å². The van der Waals surface area contributed by atoms with Gasteiger partial charge in [0, 0.05) is 5.02 Å². The third-order valence-corrected chi connectivity index (χ3v) is 4.94. The van der Waals surface area contributed by atoms with E-state index in [1.54, 1.807) is 43.3 Å². The summed E-state index contributed by atoms with van der Waals surface area (Å²) in [6.07, 6.45) is 0. The summed E-state index contributed by atoms with van der Waals surface area (Å²) >= 11 is 12.4. The largest absolute Gasteiger partial charge is 0.493 e. The zero-order valence-electron chi connectivity index (χ0n) is 14.3. The lowest BCUT2D eigenvalue weighted by molar-refractivity contribution is -0.119. The molecule has 0 unspecified atom stereocenters. The van der Waals surface area contributed by atoms with Crippen LogP contribution in [0.3, 0.4) is 0 Å². The highest BCUT2D eigenvalue weighted by molar-refractivity contribution is 6.60. The van der Waals surface area contributed by atoms with Gasteiger partial charge in [0.05, 0.1) is 25.5 Å². The van der Waals surface area contributed by atoms with Crippen molar-refractivity contribution in [1.29, 1.82) is 0 Å². The van der Waals surface area contributed by atoms with E-state index in [-0.39, 0.29) is 10.6 Å². The summed E-state index contributed by atoms with van der Waals surface area (Å²) in [7, 11) is 3.00. The number of amides is 2. The van der Waals surface area contributed by atoms with Gasteiger partial charge < -0.3 is 9.47 Å². The minimum atomic E-state index is -0.591. The fourth-order valence-electron chi connectivity index (χ4n) is 2.80. The average molecular weight is 392 g/mol. The van der Waals surface area contributed by atoms with Gasteiger partial charge in [-0.05, 0) is 42.3 Å². The molecule has 134 valence electrons. The maximum Gasteiger partial charge on any atom is 0.277 e. The minimum absolute atomic E-state index is 0.108. The molecule has 1 aliphatic rings. The van der Waals surface area contributed by atoms with Crippen LogP contribution in [0.5, 0.6) is 11.5 Å². The van der Waals surface area contributed by atoms with E-state index in [1.807, 2.05) is 0 Å². The first-order valence-corrected chi connectivity index (χ1v) is 8.42. The van der Waals surface area contributed by atoms with E-state index in [0.29, 0.717) is 33.3 Å². The topological polar surface area (TPSA) is 55.8 Å². The molecule has 5 nitrogen and oxygen atoms in total. The SMILES string of the molecule is COc1ccc(C2=C(Cl)C(=O)N(c3cccc(Cl)c3C)C2=O)cc1OC. The van der Waals surface area contributed by atoms with Crippen molar-refractivity contribution >= 4 is 46.3 Å². The molecule has 7 heteroatoms. The summed E-state index contributed by atoms with van der Waals surface area (Å²) in [5.41, 5.74) is 1.60. The summed E-state index contributed by atoms with van der Waals surface area (Å²) in [6, 6.07) is 9.92. The Morgan fingerprint density at radius 1 is 0.923 bits per heavy atom. The molecule has 0 atom stereocenters. The van der Waals surface area contributed by atoms with E-state index in [2.05, 4.69) is 0 Å². The monoisotopic (exact) mass is 391 g/mol. The van der Waals surface area contributed by atoms with Crippen LogP contribution < -0.4 is 14.4 Å². The average Bonchev–Trinajstić information content (AvgIpc) is 2.86. The van der Waals surface area contributed by atoms with E-state index < -0.39 is 11.8 Å². The van der Waals surface area contributed by atoms with Crippen molar-refractivity contribution in [2.24, 2.45) is 0 Å². The molecule has 3 rings (SSSR count). The summed E-state index contributed by atoms with van der Waals surface area (Å²) in [5.74, 6) is -0.170. The molecule has 0 aliphatic carbocycles. The third-order valence-electron chi connectivity index (χ3n) is 4.18. The van der Waals surface area contributed by atoms with Gasteiger partial charge >= 0.3 is 0 Å². The van der Waals surface area contributed by atoms with Crippen LogP contribution in [-0.4, -0.2) is 26.0 Å². The van der Waals surface area contributed by atoms with Crippen LogP contribution in [0.25, 0.3) is 5.57 Å². The summed E-state index contributed by atoms with van der Waals surface area (Å²) in [4.78, 5) is 26.7. The van der Waals surface area contributed by atoms with Crippen molar-refractivity contribution in [2.75, 3.05) is 19.1 Å². The number of benzene rings is 2. The molecule has 0 radical (unpaired) electrons. The smallest absolute Gasteiger partial charge is 0.277 e. The number of carbonyl (C=O) groups excluding carboxylic acids is 2. The van der Waals surface area contributed by atoms with E-state index >= 15 is 0 Å². The van der Waals surface area contributed by atoms with Crippen molar-refractivity contribution in [3.63, 3.8) is 0 Å². The predicted molar refractivity (Wildman–Crippen MR) is 101 cm³/mol. The zero-order valence-corrected chi connectivity index (χ0v) is 15.8. The number of nitrogens with zero attached hydrogens (tertiary/aromatic N) is 1. The normalized spacial score (nSPS) is 14.3. The molecule has 26 heavy (non-hydrogen) atoms. The molecule has 0 spiro atoms. The van der Waals surface area contributed by atoms with Gasteiger partial charge in [-0.3, -0.25) is 9.59 Å². The Balaban J connectivity index is 2.09. The second-order valence-corrected chi connectivity index (χ2v) is 6.37. The van der Waals surface area contributed by atoms with Crippen molar-refractivity contribution in [3.8, 4) is 11.5 Å². The Morgan fingerprint density at radius 3 is 2.27 bits per heavy atom. The highest BCUT2D eigenvalue weighted by Crippen LogP contribution is 2.39. The number of ether oxygens (including phenoxy) is 2. The Kier molecular flexibility index (Phi) is 4.94. The molecule has 0 fully saturated rings. The van der Waals surface area contributed by atoms with Gasteiger partial charge in [0.2, 0.25) is 0 Å². The molecule has 2 aromatic rings. The minimum Gasteiger partial charge on any atom is -0.493 e. The molecular formula is C19H15Cl2NO4. The Morgan fingerprint density at radius 2 is 1.62 bits per heavy atom. The molecule has 0 saturated heterocycles. The third kappa shape index (κ3) is 2.83. The van der Waals surface area contributed by atoms with Crippen LogP contribution in [0.1, 0.15) is 11.1 Å². The lowest BCUT2D eigenvalue weighted by Gasteiger charge is -2.18. The molecule has 0 N–H and O–H groups in total. The standard InChI is InChI=1S/C19H15Cl2NO4/c1-10-12(20)5-4-6-13(10)22-18(23)16(17(21)19(22)24)11-7-8-14(25-2)15(9-11)26-3/h4-9H,1-3H3. The number of methoxy groups -OCH3 is 2. The van der Waals surface area contributed by atoms with Crippen LogP contribution in [0.15, 0.2) is 41.4 Å². The Hall–Kier alpha value is -2.50. The lowest BCUT2D eigenvalue weighted by Crippen LogP contribution is -2.31. The molecule has 0 saturated carbocycles. The first-order valence-electron chi connectivity index (χ1n) is 7.66. The molecule has 1 heterocycles. The molecule has 0 aromatic heterocycles. The second kappa shape index (κ2) is 7.02. The fourth-order valence-corrected chi connectivity index (χ4v) is 3.25. The lowest BCUT2D eigenvalue weighted by atomic mass is 10.1. The fraction of sp³-hybridized carbons (Fsp3) is 0.158. The number of anilines is 1. The quantitative estimate of drug-likeness (QED) is 0.733. The first kappa shape index (κ1) is 18.3. The van der Waals surface area contributed by atoms with Crippen LogP contribution in [0.4, 0.5) is 5.69 Å². The molecule has 2 amide bonds. The highest BCUT2D eigenvalue weighted by Gasteiger charge is 2.40. The first-order chi connectivity index (χ1) is 12.4. The van der Waals surface area contributed by atoms with Gasteiger partial charge in [-0.25, -0.2) is 4.90 Å². The van der Waals surface area contributed by atoms with E-state index in [1.165, 1.54) is 14.2 Å². The number of halogens is 2. The molecular weight excluding hydrogens is 377 g/mol. The number of imide groups is 1. The van der Waals surface area contributed by atoms with E-state index in [0.717, 1.165) is 4.90 Å². The molecule has 1 aliphatic heterocycles. The van der Waals surface area contributed by atoms with Crippen LogP contribution in [0.2, 0.25) is 5.02 Å². The maximum atomic E-state index is 13.0. The number of rotatable bonds is 4. The van der Waals surface area contributed by atoms with Crippen molar-refractivity contribution < 1.29 is 19.1 Å². The van der Waals surface area contributed by atoms with Crippen LogP contribution in [-0.2, 0) is 9.59 Å². The highest BCUT2D eigenvalue weighted by atomic mass is 35.5. The Bertz CT molecular complexity index is 953. The maximum absolute atomic E-state index is 13.0. The summed E-state index contributed by atoms with van der Waals surface area (Å²) in [5, 5.41) is 0.306. The van der Waals surface area contributed by atoms with Gasteiger partial charge in [0.15, 0.2) is 11.5 Å². The summed E-state index contributed by atoms with van der Waals surface area (Å²) in [6.45, 7) is 1.74. The van der Waals surface area contributed by atoms with Gasteiger partial charge in [-0.15, -0.1) is 0 Å². The van der Waals surface area contributed by atoms with Crippen molar-refractivity contribution in [3.05, 3.63) is 57.6 Å². The second-order valence-electron chi connectivity index (χ2n) is 5.59. The predicted octanol–water partition coefficient (Wildman–Crippen LogP) is 4.19. The molecule has 2 aromatic carbocycles. The van der Waals surface area contributed by atoms with Gasteiger partial charge in [0.1, 0.15) is 5.03 Å². The van der Waals surface area contributed by atoms with Crippen molar-refractivity contribution in [1.82, 2.24) is 0 Å². The zero-order chi connectivity index (χ0) is 19.0. The van der Waals surface area contributed by atoms with Crippen LogP contribution in [0, 0.1) is 6.92 Å². The summed E-state index contributed by atoms with van der Waals surface area (Å²) < 4.78 is 10.5. The van der Waals surface area contributed by atoms with E-state index in [9.17, 15) is 9.59 Å². The van der Waals surface area contributed by atoms with Crippen molar-refractivity contribution in [2.45, 2.75) is 6.92 Å². The van der Waals surface area contributed by atoms with E-state index in [4.69, 9.17) is 32.7 Å². The number of carbonyl (C=O) groups is 2. The van der Waals surface area contributed by atoms with Gasteiger partial charge in [0.25, 0.3) is 11.8 Å². The number of hydrogen-bond donors (Lipinski definition) is 0. The van der Waals surface area contributed by atoms with Gasteiger partial charge in [-0.2, -0.15) is 0 Å². The molecule has 0 bridgehead atoms. The number of hydrogen-bond acceptors (Lipinski definition) is 4. The van der Waals surface area contributed by atoms with Gasteiger partial charge in [-0.1, -0.05) is 35.3 Å².